The maximum Gasteiger partial charge on any atom is 0.490 e. The standard InChI is InChI=1S/C11H9BClNO2/c13-10-6-2-1-4-8(10)11-9(12(15)16)5-3-7-14-11/h1-7,15-16H. The Kier molecular flexibility index (Phi) is 3.24. The molecule has 3 nitrogen and oxygen atoms in total. The predicted molar refractivity (Wildman–Crippen MR) is 64.5 cm³/mol. The van der Waals surface area contributed by atoms with Crippen molar-refractivity contribution in [3.8, 4) is 11.3 Å². The van der Waals surface area contributed by atoms with Gasteiger partial charge >= 0.3 is 7.12 Å². The van der Waals surface area contributed by atoms with Gasteiger partial charge in [-0.1, -0.05) is 35.9 Å². The normalized spacial score (nSPS) is 10.2. The Morgan fingerprint density at radius 2 is 1.81 bits per heavy atom. The number of pyridine rings is 1. The van der Waals surface area contributed by atoms with E-state index < -0.39 is 7.12 Å². The summed E-state index contributed by atoms with van der Waals surface area (Å²) in [5, 5.41) is 19.0. The van der Waals surface area contributed by atoms with Crippen LogP contribution in [0.25, 0.3) is 11.3 Å². The number of benzene rings is 1. The molecular formula is C11H9BClNO2. The first-order valence-corrected chi connectivity index (χ1v) is 5.14. The lowest BCUT2D eigenvalue weighted by Crippen LogP contribution is -2.32. The molecular weight excluding hydrogens is 224 g/mol. The summed E-state index contributed by atoms with van der Waals surface area (Å²) in [6, 6.07) is 10.4. The monoisotopic (exact) mass is 233 g/mol. The molecule has 1 aromatic heterocycles. The van der Waals surface area contributed by atoms with Crippen molar-refractivity contribution < 1.29 is 10.0 Å². The van der Waals surface area contributed by atoms with Crippen LogP contribution in [0.1, 0.15) is 0 Å². The molecule has 16 heavy (non-hydrogen) atoms. The molecule has 0 radical (unpaired) electrons. The highest BCUT2D eigenvalue weighted by atomic mass is 35.5. The highest BCUT2D eigenvalue weighted by molar-refractivity contribution is 6.60. The van der Waals surface area contributed by atoms with E-state index in [1.54, 1.807) is 30.5 Å². The lowest BCUT2D eigenvalue weighted by atomic mass is 9.77. The van der Waals surface area contributed by atoms with E-state index in [0.717, 1.165) is 0 Å². The summed E-state index contributed by atoms with van der Waals surface area (Å²) >= 11 is 6.03. The molecule has 0 fully saturated rings. The van der Waals surface area contributed by atoms with Gasteiger partial charge in [-0.25, -0.2) is 0 Å². The van der Waals surface area contributed by atoms with Crippen LogP contribution in [0.5, 0.6) is 0 Å². The first-order valence-electron chi connectivity index (χ1n) is 4.76. The molecule has 80 valence electrons. The minimum absolute atomic E-state index is 0.343. The highest BCUT2D eigenvalue weighted by Gasteiger charge is 2.18. The highest BCUT2D eigenvalue weighted by Crippen LogP contribution is 2.24. The molecule has 1 heterocycles. The van der Waals surface area contributed by atoms with E-state index in [1.165, 1.54) is 0 Å². The lowest BCUT2D eigenvalue weighted by molar-refractivity contribution is 0.426. The molecule has 0 bridgehead atoms. The van der Waals surface area contributed by atoms with E-state index in [-0.39, 0.29) is 0 Å². The molecule has 0 aliphatic carbocycles. The molecule has 0 aliphatic heterocycles. The van der Waals surface area contributed by atoms with E-state index in [0.29, 0.717) is 21.7 Å². The maximum atomic E-state index is 9.23. The summed E-state index contributed by atoms with van der Waals surface area (Å²) in [7, 11) is -1.56. The summed E-state index contributed by atoms with van der Waals surface area (Å²) < 4.78 is 0. The van der Waals surface area contributed by atoms with Crippen LogP contribution in [-0.4, -0.2) is 22.2 Å². The Morgan fingerprint density at radius 1 is 1.06 bits per heavy atom. The average molecular weight is 233 g/mol. The fourth-order valence-corrected chi connectivity index (χ4v) is 1.73. The molecule has 0 saturated heterocycles. The Balaban J connectivity index is 2.60. The van der Waals surface area contributed by atoms with Crippen LogP contribution in [0.3, 0.4) is 0 Å². The van der Waals surface area contributed by atoms with Gasteiger partial charge in [-0.3, -0.25) is 4.98 Å². The van der Waals surface area contributed by atoms with E-state index in [4.69, 9.17) is 11.6 Å². The van der Waals surface area contributed by atoms with Crippen LogP contribution >= 0.6 is 11.6 Å². The second-order valence-corrected chi connectivity index (χ2v) is 3.70. The molecule has 0 aliphatic rings. The molecule has 0 unspecified atom stereocenters. The smallest absolute Gasteiger partial charge is 0.423 e. The minimum Gasteiger partial charge on any atom is -0.423 e. The summed E-state index contributed by atoms with van der Waals surface area (Å²) in [6.07, 6.45) is 1.59. The van der Waals surface area contributed by atoms with Crippen molar-refractivity contribution in [3.63, 3.8) is 0 Å². The van der Waals surface area contributed by atoms with Gasteiger partial charge in [-0.15, -0.1) is 0 Å². The average Bonchev–Trinajstić information content (AvgIpc) is 2.29. The predicted octanol–water partition coefficient (Wildman–Crippen LogP) is 1.08. The fraction of sp³-hybridized carbons (Fsp3) is 0. The molecule has 0 atom stereocenters. The second kappa shape index (κ2) is 4.66. The van der Waals surface area contributed by atoms with Crippen LogP contribution in [0.4, 0.5) is 0 Å². The van der Waals surface area contributed by atoms with Crippen molar-refractivity contribution in [2.75, 3.05) is 0 Å². The van der Waals surface area contributed by atoms with Crippen molar-refractivity contribution in [3.05, 3.63) is 47.6 Å². The number of halogens is 1. The zero-order chi connectivity index (χ0) is 11.5. The van der Waals surface area contributed by atoms with Crippen LogP contribution in [0.15, 0.2) is 42.6 Å². The summed E-state index contributed by atoms with van der Waals surface area (Å²) in [5.41, 5.74) is 1.52. The van der Waals surface area contributed by atoms with Crippen LogP contribution < -0.4 is 5.46 Å². The SMILES string of the molecule is OB(O)c1cccnc1-c1ccccc1Cl. The van der Waals surface area contributed by atoms with Gasteiger partial charge in [0.2, 0.25) is 0 Å². The minimum atomic E-state index is -1.56. The van der Waals surface area contributed by atoms with E-state index in [1.807, 2.05) is 12.1 Å². The summed E-state index contributed by atoms with van der Waals surface area (Å²) in [5.74, 6) is 0. The number of rotatable bonds is 2. The van der Waals surface area contributed by atoms with Gasteiger partial charge in [0, 0.05) is 22.2 Å². The molecule has 0 spiro atoms. The summed E-state index contributed by atoms with van der Waals surface area (Å²) in [4.78, 5) is 4.13. The number of nitrogens with zero attached hydrogens (tertiary/aromatic N) is 1. The Morgan fingerprint density at radius 3 is 2.50 bits per heavy atom. The maximum absolute atomic E-state index is 9.23. The van der Waals surface area contributed by atoms with Gasteiger partial charge in [0.05, 0.1) is 5.69 Å². The Hall–Kier alpha value is -1.36. The molecule has 2 aromatic rings. The zero-order valence-electron chi connectivity index (χ0n) is 8.34. The molecule has 2 rings (SSSR count). The van der Waals surface area contributed by atoms with Crippen molar-refractivity contribution in [2.24, 2.45) is 0 Å². The van der Waals surface area contributed by atoms with Crippen LogP contribution in [0.2, 0.25) is 5.02 Å². The fourth-order valence-electron chi connectivity index (χ4n) is 1.50. The molecule has 0 saturated carbocycles. The van der Waals surface area contributed by atoms with E-state index in [9.17, 15) is 10.0 Å². The molecule has 2 N–H and O–H groups in total. The number of aromatic nitrogens is 1. The van der Waals surface area contributed by atoms with Gasteiger partial charge in [0.1, 0.15) is 0 Å². The largest absolute Gasteiger partial charge is 0.490 e. The number of hydrogen-bond donors (Lipinski definition) is 2. The van der Waals surface area contributed by atoms with Crippen LogP contribution in [0, 0.1) is 0 Å². The van der Waals surface area contributed by atoms with E-state index in [2.05, 4.69) is 4.98 Å². The van der Waals surface area contributed by atoms with Gasteiger partial charge in [-0.05, 0) is 12.1 Å². The van der Waals surface area contributed by atoms with E-state index >= 15 is 0 Å². The van der Waals surface area contributed by atoms with Crippen molar-refractivity contribution in [1.82, 2.24) is 4.98 Å². The van der Waals surface area contributed by atoms with Crippen molar-refractivity contribution >= 4 is 24.2 Å². The van der Waals surface area contributed by atoms with Crippen molar-refractivity contribution in [2.45, 2.75) is 0 Å². The molecule has 5 heteroatoms. The zero-order valence-corrected chi connectivity index (χ0v) is 9.09. The van der Waals surface area contributed by atoms with Crippen molar-refractivity contribution in [1.29, 1.82) is 0 Å². The quantitative estimate of drug-likeness (QED) is 0.763. The third-order valence-electron chi connectivity index (χ3n) is 2.25. The first kappa shape index (κ1) is 11.1. The Labute approximate surface area is 98.5 Å². The Bertz CT molecular complexity index is 505. The van der Waals surface area contributed by atoms with Gasteiger partial charge < -0.3 is 10.0 Å². The summed E-state index contributed by atoms with van der Waals surface area (Å²) in [6.45, 7) is 0. The first-order chi connectivity index (χ1) is 7.70. The third kappa shape index (κ3) is 2.09. The van der Waals surface area contributed by atoms with Gasteiger partial charge in [-0.2, -0.15) is 0 Å². The second-order valence-electron chi connectivity index (χ2n) is 3.29. The van der Waals surface area contributed by atoms with Crippen LogP contribution in [-0.2, 0) is 0 Å². The topological polar surface area (TPSA) is 53.4 Å². The third-order valence-corrected chi connectivity index (χ3v) is 2.58. The van der Waals surface area contributed by atoms with Gasteiger partial charge in [0.15, 0.2) is 0 Å². The number of hydrogen-bond acceptors (Lipinski definition) is 3. The molecule has 0 amide bonds. The van der Waals surface area contributed by atoms with Gasteiger partial charge in [0.25, 0.3) is 0 Å². The molecule has 1 aromatic carbocycles. The lowest BCUT2D eigenvalue weighted by Gasteiger charge is -2.08.